The summed E-state index contributed by atoms with van der Waals surface area (Å²) in [5.41, 5.74) is 0. The summed E-state index contributed by atoms with van der Waals surface area (Å²) in [6, 6.07) is 0. The van der Waals surface area contributed by atoms with E-state index in [-0.39, 0.29) is 0 Å². The highest BCUT2D eigenvalue weighted by atomic mass is 15.3. The van der Waals surface area contributed by atoms with Gasteiger partial charge in [0.25, 0.3) is 0 Å². The van der Waals surface area contributed by atoms with Crippen molar-refractivity contribution in [2.75, 3.05) is 6.54 Å². The number of hydrogen-bond acceptors (Lipinski definition) is 3. The van der Waals surface area contributed by atoms with Crippen LogP contribution in [0.25, 0.3) is 0 Å². The highest BCUT2D eigenvalue weighted by molar-refractivity contribution is 4.79. The van der Waals surface area contributed by atoms with Gasteiger partial charge in [0.1, 0.15) is 6.33 Å². The highest BCUT2D eigenvalue weighted by Crippen LogP contribution is 1.98. The Balaban J connectivity index is 1.95. The minimum Gasteiger partial charge on any atom is -0.310 e. The molecule has 0 amide bonds. The van der Waals surface area contributed by atoms with E-state index in [0.29, 0.717) is 0 Å². The van der Waals surface area contributed by atoms with Crippen molar-refractivity contribution in [3.05, 3.63) is 24.8 Å². The van der Waals surface area contributed by atoms with Gasteiger partial charge in [-0.2, -0.15) is 5.10 Å². The van der Waals surface area contributed by atoms with Crippen LogP contribution in [0.3, 0.4) is 0 Å². The van der Waals surface area contributed by atoms with Crippen molar-refractivity contribution in [1.82, 2.24) is 20.1 Å². The molecule has 0 spiro atoms. The van der Waals surface area contributed by atoms with Gasteiger partial charge < -0.3 is 5.32 Å². The maximum Gasteiger partial charge on any atom is 0.164 e. The molecule has 0 saturated carbocycles. The second-order valence-corrected chi connectivity index (χ2v) is 3.65. The zero-order valence-electron chi connectivity index (χ0n) is 9.45. The standard InChI is InChI=1S/C11H20N4/c1-3-4-5-6-7-8-12-9-11-13-10-15(2)14-11/h3,10,12H,1,4-9H2,2H3. The Labute approximate surface area is 91.4 Å². The first kappa shape index (κ1) is 11.9. The van der Waals surface area contributed by atoms with Gasteiger partial charge in [0.2, 0.25) is 0 Å². The SMILES string of the molecule is C=CCCCCCNCc1ncn(C)n1. The van der Waals surface area contributed by atoms with Crippen LogP contribution in [0.15, 0.2) is 19.0 Å². The molecule has 0 saturated heterocycles. The Kier molecular flexibility index (Phi) is 5.70. The van der Waals surface area contributed by atoms with Crippen molar-refractivity contribution < 1.29 is 0 Å². The lowest BCUT2D eigenvalue weighted by molar-refractivity contribution is 0.591. The first-order chi connectivity index (χ1) is 7.33. The summed E-state index contributed by atoms with van der Waals surface area (Å²) in [4.78, 5) is 4.14. The molecule has 0 fully saturated rings. The topological polar surface area (TPSA) is 42.7 Å². The van der Waals surface area contributed by atoms with Crippen LogP contribution in [0, 0.1) is 0 Å². The molecule has 0 radical (unpaired) electrons. The summed E-state index contributed by atoms with van der Waals surface area (Å²) in [5.74, 6) is 0.864. The molecular formula is C11H20N4. The number of nitrogens with zero attached hydrogens (tertiary/aromatic N) is 3. The van der Waals surface area contributed by atoms with Gasteiger partial charge >= 0.3 is 0 Å². The molecule has 0 bridgehead atoms. The quantitative estimate of drug-likeness (QED) is 0.522. The van der Waals surface area contributed by atoms with E-state index in [1.165, 1.54) is 19.3 Å². The van der Waals surface area contributed by atoms with Gasteiger partial charge in [-0.1, -0.05) is 12.5 Å². The van der Waals surface area contributed by atoms with E-state index >= 15 is 0 Å². The first-order valence-corrected chi connectivity index (χ1v) is 5.49. The molecule has 1 N–H and O–H groups in total. The number of aryl methyl sites for hydroxylation is 1. The molecule has 84 valence electrons. The average molecular weight is 208 g/mol. The van der Waals surface area contributed by atoms with Crippen LogP contribution < -0.4 is 5.32 Å². The molecule has 0 aliphatic rings. The fraction of sp³-hybridized carbons (Fsp3) is 0.636. The van der Waals surface area contributed by atoms with E-state index < -0.39 is 0 Å². The van der Waals surface area contributed by atoms with E-state index in [1.54, 1.807) is 11.0 Å². The average Bonchev–Trinajstić information content (AvgIpc) is 2.63. The molecular weight excluding hydrogens is 188 g/mol. The lowest BCUT2D eigenvalue weighted by atomic mass is 10.2. The zero-order chi connectivity index (χ0) is 10.9. The lowest BCUT2D eigenvalue weighted by Gasteiger charge is -2.01. The van der Waals surface area contributed by atoms with Gasteiger partial charge in [-0.15, -0.1) is 6.58 Å². The molecule has 0 aliphatic heterocycles. The van der Waals surface area contributed by atoms with E-state index in [0.717, 1.165) is 25.3 Å². The largest absolute Gasteiger partial charge is 0.310 e. The third-order valence-corrected chi connectivity index (χ3v) is 2.19. The number of nitrogens with one attached hydrogen (secondary N) is 1. The molecule has 0 unspecified atom stereocenters. The van der Waals surface area contributed by atoms with Gasteiger partial charge in [0, 0.05) is 7.05 Å². The first-order valence-electron chi connectivity index (χ1n) is 5.49. The van der Waals surface area contributed by atoms with Gasteiger partial charge in [0.05, 0.1) is 6.54 Å². The Hall–Kier alpha value is -1.16. The minimum absolute atomic E-state index is 0.766. The Bertz CT molecular complexity index is 280. The van der Waals surface area contributed by atoms with Crippen molar-refractivity contribution in [1.29, 1.82) is 0 Å². The predicted molar refractivity (Wildman–Crippen MR) is 61.4 cm³/mol. The summed E-state index contributed by atoms with van der Waals surface area (Å²) in [7, 11) is 1.88. The third kappa shape index (κ3) is 5.32. The minimum atomic E-state index is 0.766. The van der Waals surface area contributed by atoms with E-state index in [2.05, 4.69) is 22.0 Å². The molecule has 15 heavy (non-hydrogen) atoms. The Morgan fingerprint density at radius 3 is 3.00 bits per heavy atom. The summed E-state index contributed by atoms with van der Waals surface area (Å²) < 4.78 is 1.72. The van der Waals surface area contributed by atoms with Gasteiger partial charge in [-0.25, -0.2) is 4.98 Å². The van der Waals surface area contributed by atoms with Crippen LogP contribution in [-0.2, 0) is 13.6 Å². The Morgan fingerprint density at radius 1 is 1.47 bits per heavy atom. The van der Waals surface area contributed by atoms with Crippen molar-refractivity contribution in [2.24, 2.45) is 7.05 Å². The van der Waals surface area contributed by atoms with Crippen LogP contribution >= 0.6 is 0 Å². The molecule has 1 heterocycles. The van der Waals surface area contributed by atoms with Crippen molar-refractivity contribution in [3.63, 3.8) is 0 Å². The molecule has 4 nitrogen and oxygen atoms in total. The van der Waals surface area contributed by atoms with E-state index in [9.17, 15) is 0 Å². The van der Waals surface area contributed by atoms with Crippen molar-refractivity contribution >= 4 is 0 Å². The molecule has 0 aromatic carbocycles. The summed E-state index contributed by atoms with van der Waals surface area (Å²) in [6.45, 7) is 5.51. The monoisotopic (exact) mass is 208 g/mol. The predicted octanol–water partition coefficient (Wildman–Crippen LogP) is 1.65. The van der Waals surface area contributed by atoms with E-state index in [1.807, 2.05) is 13.1 Å². The Morgan fingerprint density at radius 2 is 2.33 bits per heavy atom. The molecule has 0 aliphatic carbocycles. The van der Waals surface area contributed by atoms with Crippen LogP contribution in [0.1, 0.15) is 31.5 Å². The molecule has 0 atom stereocenters. The van der Waals surface area contributed by atoms with Crippen molar-refractivity contribution in [2.45, 2.75) is 32.2 Å². The smallest absolute Gasteiger partial charge is 0.164 e. The lowest BCUT2D eigenvalue weighted by Crippen LogP contribution is -2.15. The second kappa shape index (κ2) is 7.17. The molecule has 1 rings (SSSR count). The number of unbranched alkanes of at least 4 members (excludes halogenated alkanes) is 3. The van der Waals surface area contributed by atoms with Crippen molar-refractivity contribution in [3.8, 4) is 0 Å². The maximum absolute atomic E-state index is 4.19. The van der Waals surface area contributed by atoms with Crippen LogP contribution in [0.4, 0.5) is 0 Å². The van der Waals surface area contributed by atoms with Gasteiger partial charge in [0.15, 0.2) is 5.82 Å². The number of hydrogen-bond donors (Lipinski definition) is 1. The van der Waals surface area contributed by atoms with Crippen LogP contribution in [0.2, 0.25) is 0 Å². The summed E-state index contributed by atoms with van der Waals surface area (Å²) >= 11 is 0. The van der Waals surface area contributed by atoms with Gasteiger partial charge in [-0.05, 0) is 25.8 Å². The highest BCUT2D eigenvalue weighted by Gasteiger charge is 1.96. The normalized spacial score (nSPS) is 10.5. The number of aromatic nitrogens is 3. The fourth-order valence-electron chi connectivity index (χ4n) is 1.38. The fourth-order valence-corrected chi connectivity index (χ4v) is 1.38. The number of allylic oxidation sites excluding steroid dienone is 1. The van der Waals surface area contributed by atoms with Gasteiger partial charge in [-0.3, -0.25) is 4.68 Å². The van der Waals surface area contributed by atoms with Crippen LogP contribution in [-0.4, -0.2) is 21.3 Å². The molecule has 4 heteroatoms. The maximum atomic E-state index is 4.19. The number of rotatable bonds is 8. The third-order valence-electron chi connectivity index (χ3n) is 2.19. The zero-order valence-corrected chi connectivity index (χ0v) is 9.45. The van der Waals surface area contributed by atoms with E-state index in [4.69, 9.17) is 0 Å². The molecule has 1 aromatic heterocycles. The second-order valence-electron chi connectivity index (χ2n) is 3.65. The summed E-state index contributed by atoms with van der Waals surface area (Å²) in [5, 5.41) is 7.52. The van der Waals surface area contributed by atoms with Crippen LogP contribution in [0.5, 0.6) is 0 Å². The molecule has 1 aromatic rings. The summed E-state index contributed by atoms with van der Waals surface area (Å²) in [6.07, 6.45) is 8.54.